The van der Waals surface area contributed by atoms with Crippen molar-refractivity contribution >= 4 is 11.6 Å². The molecule has 0 heterocycles. The Bertz CT molecular complexity index is 973. The highest BCUT2D eigenvalue weighted by molar-refractivity contribution is 6.04. The summed E-state index contributed by atoms with van der Waals surface area (Å²) < 4.78 is 0. The molecule has 0 amide bonds. The smallest absolute Gasteiger partial charge is 0.166 e. The highest BCUT2D eigenvalue weighted by Gasteiger charge is 2.43. The van der Waals surface area contributed by atoms with Crippen molar-refractivity contribution in [2.75, 3.05) is 0 Å². The number of ketones is 2. The Labute approximate surface area is 164 Å². The Morgan fingerprint density at radius 1 is 0.643 bits per heavy atom. The van der Waals surface area contributed by atoms with E-state index in [1.165, 1.54) is 0 Å². The van der Waals surface area contributed by atoms with Crippen LogP contribution in [-0.2, 0) is 36.9 Å². The van der Waals surface area contributed by atoms with Gasteiger partial charge < -0.3 is 10.2 Å². The minimum absolute atomic E-state index is 0.00652. The Morgan fingerprint density at radius 2 is 0.964 bits per heavy atom. The van der Waals surface area contributed by atoms with Gasteiger partial charge >= 0.3 is 0 Å². The van der Waals surface area contributed by atoms with Gasteiger partial charge in [0.15, 0.2) is 11.6 Å². The number of rotatable bonds is 0. The molecular weight excluding hydrogens is 352 g/mol. The lowest BCUT2D eigenvalue weighted by atomic mass is 9.83. The second-order valence-corrected chi connectivity index (χ2v) is 9.02. The first-order valence-electron chi connectivity index (χ1n) is 10.0. The molecule has 4 aliphatic carbocycles. The molecule has 2 aromatic rings. The van der Waals surface area contributed by atoms with Gasteiger partial charge in [-0.15, -0.1) is 0 Å². The third-order valence-corrected chi connectivity index (χ3v) is 6.73. The summed E-state index contributed by atoms with van der Waals surface area (Å²) in [4.78, 5) is 25.4. The molecule has 6 rings (SSSR count). The van der Waals surface area contributed by atoms with Gasteiger partial charge in [0.05, 0.1) is 11.2 Å². The molecule has 144 valence electrons. The maximum absolute atomic E-state index is 12.7. The number of fused-ring (bicyclic) bond motifs is 4. The number of carbonyl (C=O) groups excluding carboxylic acids is 2. The minimum Gasteiger partial charge on any atom is -0.385 e. The van der Waals surface area contributed by atoms with E-state index in [2.05, 4.69) is 0 Å². The van der Waals surface area contributed by atoms with E-state index in [9.17, 15) is 19.8 Å². The maximum Gasteiger partial charge on any atom is 0.166 e. The van der Waals surface area contributed by atoms with Gasteiger partial charge in [-0.05, 0) is 72.9 Å². The van der Waals surface area contributed by atoms with Crippen molar-refractivity contribution in [1.82, 2.24) is 0 Å². The lowest BCUT2D eigenvalue weighted by Crippen LogP contribution is -2.21. The molecule has 4 bridgehead atoms. The Morgan fingerprint density at radius 3 is 1.36 bits per heavy atom. The van der Waals surface area contributed by atoms with Gasteiger partial charge in [0.1, 0.15) is 0 Å². The van der Waals surface area contributed by atoms with Crippen molar-refractivity contribution in [1.29, 1.82) is 0 Å². The lowest BCUT2D eigenvalue weighted by Gasteiger charge is -2.25. The van der Waals surface area contributed by atoms with Crippen molar-refractivity contribution in [3.05, 3.63) is 68.8 Å². The number of hydrogen-bond donors (Lipinski definition) is 2. The predicted molar refractivity (Wildman–Crippen MR) is 105 cm³/mol. The highest BCUT2D eigenvalue weighted by atomic mass is 16.3. The van der Waals surface area contributed by atoms with Crippen molar-refractivity contribution in [2.45, 2.75) is 63.6 Å². The average molecular weight is 376 g/mol. The van der Waals surface area contributed by atoms with E-state index >= 15 is 0 Å². The summed E-state index contributed by atoms with van der Waals surface area (Å²) in [6.45, 7) is 3.45. The second kappa shape index (κ2) is 5.62. The maximum atomic E-state index is 12.7. The molecule has 2 N–H and O–H groups in total. The molecule has 2 atom stereocenters. The summed E-state index contributed by atoms with van der Waals surface area (Å²) in [6.07, 6.45) is 2.82. The molecule has 28 heavy (non-hydrogen) atoms. The summed E-state index contributed by atoms with van der Waals surface area (Å²) in [5.41, 5.74) is 4.53. The van der Waals surface area contributed by atoms with E-state index in [4.69, 9.17) is 0 Å². The van der Waals surface area contributed by atoms with Crippen LogP contribution < -0.4 is 0 Å². The molecular formula is C24H24O4. The fraction of sp³-hybridized carbons (Fsp3) is 0.417. The molecule has 4 aliphatic rings. The fourth-order valence-corrected chi connectivity index (χ4v) is 5.60. The molecule has 0 saturated heterocycles. The van der Waals surface area contributed by atoms with Crippen LogP contribution in [0.2, 0.25) is 0 Å². The van der Waals surface area contributed by atoms with E-state index in [0.29, 0.717) is 36.8 Å². The van der Waals surface area contributed by atoms with Crippen LogP contribution in [0.15, 0.2) is 24.3 Å². The van der Waals surface area contributed by atoms with Gasteiger partial charge in [0, 0.05) is 24.0 Å². The monoisotopic (exact) mass is 376 g/mol. The number of Topliss-reactive ketones (excluding diaryl/α,β-unsaturated/α-hetero) is 2. The number of aliphatic hydroxyl groups is 2. The van der Waals surface area contributed by atoms with Gasteiger partial charge in [0.25, 0.3) is 0 Å². The average Bonchev–Trinajstić information content (AvgIpc) is 2.99. The standard InChI is InChI=1S/C24H24O4/c1-23(27)11-17(25)19-13-3-4-14-6-8-16(10-9-15(7-5-13)21(19)23)22-20(14)18(26)12-24(22,2)28/h5-8,27-28H,3-4,9-12H2,1-2H3/t23-,24-/m1/s1. The molecule has 0 saturated carbocycles. The van der Waals surface area contributed by atoms with E-state index in [1.807, 2.05) is 24.3 Å². The van der Waals surface area contributed by atoms with Crippen LogP contribution in [0, 0.1) is 0 Å². The zero-order valence-corrected chi connectivity index (χ0v) is 16.3. The van der Waals surface area contributed by atoms with Crippen LogP contribution in [0.25, 0.3) is 0 Å². The Hall–Kier alpha value is -2.30. The van der Waals surface area contributed by atoms with Crippen molar-refractivity contribution in [3.8, 4) is 0 Å². The van der Waals surface area contributed by atoms with E-state index < -0.39 is 11.2 Å². The van der Waals surface area contributed by atoms with Crippen molar-refractivity contribution in [2.24, 2.45) is 0 Å². The summed E-state index contributed by atoms with van der Waals surface area (Å²) in [6, 6.07) is 8.11. The largest absolute Gasteiger partial charge is 0.385 e. The number of benzene rings is 2. The molecule has 0 fully saturated rings. The Balaban J connectivity index is 1.71. The SMILES string of the molecule is C[C@@]1(O)CC(=O)c2c3ccc(c21)CCc1ccc(c2c1[C@](C)(O)CC2=O)CC3. The van der Waals surface area contributed by atoms with Crippen molar-refractivity contribution < 1.29 is 19.8 Å². The van der Waals surface area contributed by atoms with Crippen LogP contribution in [-0.4, -0.2) is 21.8 Å². The first-order valence-corrected chi connectivity index (χ1v) is 10.0. The zero-order chi connectivity index (χ0) is 19.8. The molecule has 0 aliphatic heterocycles. The van der Waals surface area contributed by atoms with E-state index in [-0.39, 0.29) is 24.4 Å². The third kappa shape index (κ3) is 2.38. The molecule has 0 spiro atoms. The number of aryl methyl sites for hydroxylation is 4. The van der Waals surface area contributed by atoms with Crippen LogP contribution in [0.1, 0.15) is 80.8 Å². The molecule has 4 heteroatoms. The van der Waals surface area contributed by atoms with Crippen LogP contribution in [0.5, 0.6) is 0 Å². The molecule has 2 aromatic carbocycles. The first kappa shape index (κ1) is 17.8. The first-order chi connectivity index (χ1) is 13.2. The topological polar surface area (TPSA) is 74.6 Å². The highest BCUT2D eigenvalue weighted by Crippen LogP contribution is 2.44. The summed E-state index contributed by atoms with van der Waals surface area (Å²) >= 11 is 0. The fourth-order valence-electron chi connectivity index (χ4n) is 5.60. The molecule has 0 radical (unpaired) electrons. The summed E-state index contributed by atoms with van der Waals surface area (Å²) in [7, 11) is 0. The van der Waals surface area contributed by atoms with E-state index in [0.717, 1.165) is 33.4 Å². The van der Waals surface area contributed by atoms with Gasteiger partial charge in [0.2, 0.25) is 0 Å². The molecule has 0 aromatic heterocycles. The molecule has 0 unspecified atom stereocenters. The van der Waals surface area contributed by atoms with Crippen LogP contribution >= 0.6 is 0 Å². The zero-order valence-electron chi connectivity index (χ0n) is 16.3. The van der Waals surface area contributed by atoms with Gasteiger partial charge in [-0.25, -0.2) is 0 Å². The quantitative estimate of drug-likeness (QED) is 0.741. The summed E-state index contributed by atoms with van der Waals surface area (Å²) in [5.74, 6) is 0.0130. The summed E-state index contributed by atoms with van der Waals surface area (Å²) in [5, 5.41) is 21.8. The third-order valence-electron chi connectivity index (χ3n) is 6.73. The normalized spacial score (nSPS) is 28.3. The predicted octanol–water partition coefficient (Wildman–Crippen LogP) is 3.16. The second-order valence-electron chi connectivity index (χ2n) is 9.02. The van der Waals surface area contributed by atoms with E-state index in [1.54, 1.807) is 13.8 Å². The Kier molecular flexibility index (Phi) is 3.57. The molecule has 4 nitrogen and oxygen atoms in total. The number of hydrogen-bond acceptors (Lipinski definition) is 4. The van der Waals surface area contributed by atoms with Crippen LogP contribution in [0.3, 0.4) is 0 Å². The van der Waals surface area contributed by atoms with Gasteiger partial charge in [-0.1, -0.05) is 24.3 Å². The lowest BCUT2D eigenvalue weighted by molar-refractivity contribution is 0.0512. The van der Waals surface area contributed by atoms with Crippen LogP contribution in [0.4, 0.5) is 0 Å². The minimum atomic E-state index is -1.13. The van der Waals surface area contributed by atoms with Gasteiger partial charge in [-0.3, -0.25) is 9.59 Å². The van der Waals surface area contributed by atoms with Gasteiger partial charge in [-0.2, -0.15) is 0 Å². The number of carbonyl (C=O) groups is 2. The van der Waals surface area contributed by atoms with Crippen molar-refractivity contribution in [3.63, 3.8) is 0 Å².